The summed E-state index contributed by atoms with van der Waals surface area (Å²) in [5.74, 6) is 0.192. The van der Waals surface area contributed by atoms with Crippen molar-refractivity contribution in [3.8, 4) is 11.3 Å². The Morgan fingerprint density at radius 1 is 1.00 bits per heavy atom. The second-order valence-electron chi connectivity index (χ2n) is 9.74. The average molecular weight is 468 g/mol. The van der Waals surface area contributed by atoms with Gasteiger partial charge in [-0.1, -0.05) is 60.7 Å². The Morgan fingerprint density at radius 3 is 2.46 bits per heavy atom. The molecule has 2 aromatic heterocycles. The lowest BCUT2D eigenvalue weighted by Gasteiger charge is -2.39. The van der Waals surface area contributed by atoms with Gasteiger partial charge in [0, 0.05) is 37.9 Å². The number of fused-ring (bicyclic) bond motifs is 3. The molecule has 2 N–H and O–H groups in total. The number of hydrogen-bond acceptors (Lipinski definition) is 4. The van der Waals surface area contributed by atoms with Gasteiger partial charge in [-0.05, 0) is 23.1 Å². The van der Waals surface area contributed by atoms with E-state index in [9.17, 15) is 4.79 Å². The molecule has 7 nitrogen and oxygen atoms in total. The molecule has 7 heteroatoms. The van der Waals surface area contributed by atoms with Gasteiger partial charge in [-0.15, -0.1) is 0 Å². The van der Waals surface area contributed by atoms with Crippen LogP contribution in [0.2, 0.25) is 0 Å². The number of quaternary nitrogens is 1. The molecule has 0 bridgehead atoms. The summed E-state index contributed by atoms with van der Waals surface area (Å²) in [5.41, 5.74) is 6.30. The molecule has 0 radical (unpaired) electrons. The van der Waals surface area contributed by atoms with Crippen LogP contribution in [0.4, 0.5) is 0 Å². The maximum absolute atomic E-state index is 14.0. The predicted octanol–water partition coefficient (Wildman–Crippen LogP) is 2.08. The zero-order chi connectivity index (χ0) is 23.8. The molecule has 2 aliphatic rings. The molecule has 1 amide bonds. The summed E-state index contributed by atoms with van der Waals surface area (Å²) in [5, 5.41) is 8.75. The molecule has 178 valence electrons. The maximum atomic E-state index is 14.0. The summed E-state index contributed by atoms with van der Waals surface area (Å²) in [6, 6.07) is 20.3. The van der Waals surface area contributed by atoms with Crippen LogP contribution in [0.25, 0.3) is 22.3 Å². The molecular formula is C28H31N6O+. The molecule has 2 aromatic carbocycles. The molecule has 1 saturated heterocycles. The van der Waals surface area contributed by atoms with Crippen molar-refractivity contribution in [3.05, 3.63) is 83.6 Å². The van der Waals surface area contributed by atoms with Crippen molar-refractivity contribution in [2.45, 2.75) is 19.0 Å². The number of aromatic nitrogens is 3. The molecule has 1 unspecified atom stereocenters. The van der Waals surface area contributed by atoms with E-state index in [1.54, 1.807) is 0 Å². The van der Waals surface area contributed by atoms with Crippen LogP contribution in [0, 0.1) is 0 Å². The van der Waals surface area contributed by atoms with E-state index in [0.29, 0.717) is 13.1 Å². The highest BCUT2D eigenvalue weighted by Gasteiger charge is 2.35. The summed E-state index contributed by atoms with van der Waals surface area (Å²) in [4.78, 5) is 24.6. The van der Waals surface area contributed by atoms with Gasteiger partial charge in [0.25, 0.3) is 0 Å². The third-order valence-electron chi connectivity index (χ3n) is 7.51. The molecule has 2 aliphatic heterocycles. The molecular weight excluding hydrogens is 436 g/mol. The standard InChI is InChI=1S/C28H30N6O/c1-32-14-16-33(17-15-32)26(21-10-6-3-7-11-21)28(35)34-13-12-23-22(19-34)18-29-27-24(23)25(30-31-27)20-8-4-2-5-9-20/h2-11,18,26H,12-17,19H2,1H3,(H,29,30,31)/p+1. The van der Waals surface area contributed by atoms with Gasteiger partial charge in [0.15, 0.2) is 5.65 Å². The van der Waals surface area contributed by atoms with Crippen molar-refractivity contribution in [1.29, 1.82) is 0 Å². The van der Waals surface area contributed by atoms with Crippen molar-refractivity contribution < 1.29 is 9.69 Å². The Kier molecular flexibility index (Phi) is 5.80. The number of nitrogens with zero attached hydrogens (tertiary/aromatic N) is 4. The van der Waals surface area contributed by atoms with Gasteiger partial charge in [0.2, 0.25) is 5.91 Å². The minimum absolute atomic E-state index is 0.192. The summed E-state index contributed by atoms with van der Waals surface area (Å²) >= 11 is 0. The highest BCUT2D eigenvalue weighted by Crippen LogP contribution is 2.34. The van der Waals surface area contributed by atoms with E-state index in [2.05, 4.69) is 51.4 Å². The van der Waals surface area contributed by atoms with Gasteiger partial charge in [0.05, 0.1) is 31.2 Å². The number of H-pyrrole nitrogens is 1. The largest absolute Gasteiger partial charge is 0.336 e. The number of piperazine rings is 1. The van der Waals surface area contributed by atoms with E-state index < -0.39 is 0 Å². The molecule has 0 saturated carbocycles. The number of likely N-dealkylation sites (N-methyl/N-ethyl adjacent to an activating group) is 1. The first-order valence-corrected chi connectivity index (χ1v) is 12.5. The first-order chi connectivity index (χ1) is 17.2. The molecule has 4 aromatic rings. The van der Waals surface area contributed by atoms with E-state index in [0.717, 1.165) is 66.0 Å². The molecule has 1 fully saturated rings. The Labute approximate surface area is 205 Å². The Morgan fingerprint density at radius 2 is 1.71 bits per heavy atom. The molecule has 4 heterocycles. The summed E-state index contributed by atoms with van der Waals surface area (Å²) in [7, 11) is 2.23. The minimum atomic E-state index is -0.239. The molecule has 35 heavy (non-hydrogen) atoms. The van der Waals surface area contributed by atoms with Crippen LogP contribution in [-0.4, -0.2) is 70.7 Å². The van der Waals surface area contributed by atoms with Crippen molar-refractivity contribution in [2.24, 2.45) is 0 Å². The first kappa shape index (κ1) is 21.9. The van der Waals surface area contributed by atoms with Crippen molar-refractivity contribution in [1.82, 2.24) is 25.0 Å². The highest BCUT2D eigenvalue weighted by molar-refractivity contribution is 5.94. The maximum Gasteiger partial charge on any atom is 0.244 e. The molecule has 0 spiro atoms. The van der Waals surface area contributed by atoms with Gasteiger partial charge < -0.3 is 9.80 Å². The van der Waals surface area contributed by atoms with E-state index in [4.69, 9.17) is 0 Å². The number of aromatic amines is 1. The first-order valence-electron chi connectivity index (χ1n) is 12.5. The number of benzene rings is 2. The van der Waals surface area contributed by atoms with Crippen molar-refractivity contribution in [3.63, 3.8) is 0 Å². The number of carbonyl (C=O) groups excluding carboxylic acids is 1. The third kappa shape index (κ3) is 4.11. The molecule has 1 atom stereocenters. The Balaban J connectivity index is 1.32. The Bertz CT molecular complexity index is 1330. The summed E-state index contributed by atoms with van der Waals surface area (Å²) in [6.45, 7) is 5.26. The number of hydrogen-bond donors (Lipinski definition) is 2. The number of nitrogens with one attached hydrogen (secondary N) is 2. The topological polar surface area (TPSA) is 69.6 Å². The molecule has 6 rings (SSSR count). The second-order valence-corrected chi connectivity index (χ2v) is 9.74. The third-order valence-corrected chi connectivity index (χ3v) is 7.51. The van der Waals surface area contributed by atoms with Crippen LogP contribution < -0.4 is 4.90 Å². The van der Waals surface area contributed by atoms with Gasteiger partial charge in [-0.3, -0.25) is 14.8 Å². The van der Waals surface area contributed by atoms with Gasteiger partial charge in [0.1, 0.15) is 6.04 Å². The van der Waals surface area contributed by atoms with Crippen LogP contribution in [0.3, 0.4) is 0 Å². The Hall–Kier alpha value is -3.55. The van der Waals surface area contributed by atoms with E-state index >= 15 is 0 Å². The lowest BCUT2D eigenvalue weighted by Crippen LogP contribution is -3.12. The number of rotatable bonds is 4. The number of pyridine rings is 1. The quantitative estimate of drug-likeness (QED) is 0.482. The SMILES string of the molecule is C[NH+]1CCN(C(C(=O)N2CCc3c(cnc4n[nH]c(-c5ccccc5)c34)C2)c2ccccc2)CC1. The monoisotopic (exact) mass is 467 g/mol. The number of amides is 1. The zero-order valence-corrected chi connectivity index (χ0v) is 20.1. The van der Waals surface area contributed by atoms with Crippen LogP contribution in [0.15, 0.2) is 66.9 Å². The fourth-order valence-electron chi connectivity index (χ4n) is 5.53. The second kappa shape index (κ2) is 9.24. The number of carbonyl (C=O) groups is 1. The van der Waals surface area contributed by atoms with Crippen LogP contribution >= 0.6 is 0 Å². The lowest BCUT2D eigenvalue weighted by atomic mass is 9.94. The van der Waals surface area contributed by atoms with Gasteiger partial charge >= 0.3 is 0 Å². The fraction of sp³-hybridized carbons (Fsp3) is 0.321. The summed E-state index contributed by atoms with van der Waals surface area (Å²) < 4.78 is 0. The van der Waals surface area contributed by atoms with Crippen LogP contribution in [-0.2, 0) is 17.8 Å². The van der Waals surface area contributed by atoms with Crippen molar-refractivity contribution >= 4 is 16.9 Å². The molecule has 0 aliphatic carbocycles. The average Bonchev–Trinajstić information content (AvgIpc) is 3.35. The lowest BCUT2D eigenvalue weighted by molar-refractivity contribution is -0.884. The normalized spacial score (nSPS) is 17.9. The highest BCUT2D eigenvalue weighted by atomic mass is 16.2. The van der Waals surface area contributed by atoms with Gasteiger partial charge in [-0.25, -0.2) is 4.98 Å². The minimum Gasteiger partial charge on any atom is -0.336 e. The van der Waals surface area contributed by atoms with E-state index in [1.165, 1.54) is 10.5 Å². The fourth-order valence-corrected chi connectivity index (χ4v) is 5.53. The zero-order valence-electron chi connectivity index (χ0n) is 20.1. The van der Waals surface area contributed by atoms with E-state index in [-0.39, 0.29) is 11.9 Å². The van der Waals surface area contributed by atoms with Crippen molar-refractivity contribution in [2.75, 3.05) is 39.8 Å². The van der Waals surface area contributed by atoms with E-state index in [1.807, 2.05) is 47.5 Å². The summed E-state index contributed by atoms with van der Waals surface area (Å²) in [6.07, 6.45) is 2.71. The van der Waals surface area contributed by atoms with Crippen LogP contribution in [0.1, 0.15) is 22.7 Å². The smallest absolute Gasteiger partial charge is 0.244 e. The predicted molar refractivity (Wildman–Crippen MR) is 136 cm³/mol. The van der Waals surface area contributed by atoms with Crippen LogP contribution in [0.5, 0.6) is 0 Å². The van der Waals surface area contributed by atoms with Gasteiger partial charge in [-0.2, -0.15) is 5.10 Å².